The summed E-state index contributed by atoms with van der Waals surface area (Å²) in [5, 5.41) is 0.0216. The highest BCUT2D eigenvalue weighted by Gasteiger charge is 2.56. The molecule has 38 heavy (non-hydrogen) atoms. The van der Waals surface area contributed by atoms with Crippen molar-refractivity contribution in [2.75, 3.05) is 12.0 Å². The van der Waals surface area contributed by atoms with Crippen molar-refractivity contribution in [3.63, 3.8) is 0 Å². The molecule has 0 spiro atoms. The number of hydrogen-bond donors (Lipinski definition) is 1. The third kappa shape index (κ3) is 4.31. The molecule has 192 valence electrons. The average molecular weight is 545 g/mol. The Balaban J connectivity index is 1.31. The number of ether oxygens (including phenoxy) is 2. The summed E-state index contributed by atoms with van der Waals surface area (Å²) in [7, 11) is 1.56. The highest BCUT2D eigenvalue weighted by Crippen LogP contribution is 2.53. The van der Waals surface area contributed by atoms with Crippen LogP contribution >= 0.6 is 23.1 Å². The maximum atomic E-state index is 13.8. The second-order valence-corrected chi connectivity index (χ2v) is 11.5. The molecule has 1 fully saturated rings. The van der Waals surface area contributed by atoms with Crippen molar-refractivity contribution in [2.24, 2.45) is 5.92 Å². The van der Waals surface area contributed by atoms with Crippen LogP contribution in [0.25, 0.3) is 0 Å². The number of hydrogen-bond acceptors (Lipinski definition) is 7. The van der Waals surface area contributed by atoms with E-state index in [-0.39, 0.29) is 16.7 Å². The number of amides is 2. The Hall–Kier alpha value is -3.82. The van der Waals surface area contributed by atoms with Gasteiger partial charge in [-0.2, -0.15) is 0 Å². The van der Waals surface area contributed by atoms with Gasteiger partial charge in [-0.15, -0.1) is 0 Å². The van der Waals surface area contributed by atoms with Crippen LogP contribution in [0.4, 0.5) is 5.69 Å². The lowest BCUT2D eigenvalue weighted by atomic mass is 9.83. The van der Waals surface area contributed by atoms with E-state index >= 15 is 0 Å². The average Bonchev–Trinajstić information content (AvgIpc) is 3.42. The third-order valence-electron chi connectivity index (χ3n) is 6.88. The van der Waals surface area contributed by atoms with Crippen molar-refractivity contribution in [3.8, 4) is 11.5 Å². The summed E-state index contributed by atoms with van der Waals surface area (Å²) in [6.45, 7) is 2.49. The van der Waals surface area contributed by atoms with E-state index in [2.05, 4.69) is 11.1 Å². The Morgan fingerprint density at radius 3 is 2.37 bits per heavy atom. The van der Waals surface area contributed by atoms with Crippen LogP contribution in [-0.4, -0.2) is 29.2 Å². The van der Waals surface area contributed by atoms with Gasteiger partial charge in [-0.25, -0.2) is 4.90 Å². The predicted octanol–water partition coefficient (Wildman–Crippen LogP) is 5.13. The molecule has 0 saturated carbocycles. The van der Waals surface area contributed by atoms with E-state index in [1.165, 1.54) is 22.2 Å². The number of thioether (sulfide) groups is 1. The smallest absolute Gasteiger partial charge is 0.305 e. The van der Waals surface area contributed by atoms with E-state index in [1.807, 2.05) is 49.4 Å². The predicted molar refractivity (Wildman–Crippen MR) is 147 cm³/mol. The lowest BCUT2D eigenvalue weighted by molar-refractivity contribution is -0.122. The largest absolute Gasteiger partial charge is 0.497 e. The minimum absolute atomic E-state index is 0.197. The monoisotopic (exact) mass is 544 g/mol. The standard InChI is InChI=1S/C29H24N2O5S2/c1-16-4-3-5-17(14-16)15-36-21-10-6-18(7-11-21)22-23-25(37-26-24(22)38-29(34)30-26)28(33)31(27(23)32)19-8-12-20(35-2)13-9-19/h3-14,22-23,25H,15H2,1-2H3,(H,30,34)/t22-,23?,25?/m1/s1. The topological polar surface area (TPSA) is 88.7 Å². The zero-order valence-corrected chi connectivity index (χ0v) is 22.3. The Morgan fingerprint density at radius 1 is 0.921 bits per heavy atom. The minimum Gasteiger partial charge on any atom is -0.497 e. The summed E-state index contributed by atoms with van der Waals surface area (Å²) in [4.78, 5) is 44.4. The number of aromatic amines is 1. The molecular formula is C29H24N2O5S2. The quantitative estimate of drug-likeness (QED) is 0.339. The van der Waals surface area contributed by atoms with Crippen molar-refractivity contribution in [3.05, 3.63) is 104 Å². The highest BCUT2D eigenvalue weighted by molar-refractivity contribution is 8.00. The van der Waals surface area contributed by atoms with Crippen molar-refractivity contribution in [2.45, 2.75) is 29.7 Å². The van der Waals surface area contributed by atoms with Gasteiger partial charge >= 0.3 is 4.87 Å². The molecule has 0 aliphatic carbocycles. The fourth-order valence-electron chi connectivity index (χ4n) is 5.10. The second kappa shape index (κ2) is 9.81. The number of aryl methyl sites for hydroxylation is 1. The van der Waals surface area contributed by atoms with Gasteiger partial charge in [-0.3, -0.25) is 14.4 Å². The summed E-state index contributed by atoms with van der Waals surface area (Å²) >= 11 is 2.37. The minimum atomic E-state index is -0.635. The molecule has 0 bridgehead atoms. The number of nitrogens with one attached hydrogen (secondary N) is 1. The SMILES string of the molecule is COc1ccc(N2C(=O)C3Sc4[nH]c(=O)sc4[C@H](c4ccc(OCc5cccc(C)c5)cc4)C3C2=O)cc1. The summed E-state index contributed by atoms with van der Waals surface area (Å²) in [5.74, 6) is -0.265. The van der Waals surface area contributed by atoms with Gasteiger partial charge in [0.15, 0.2) is 0 Å². The number of anilines is 1. The summed E-state index contributed by atoms with van der Waals surface area (Å²) in [6, 6.07) is 22.6. The Morgan fingerprint density at radius 2 is 1.66 bits per heavy atom. The molecule has 2 aliphatic rings. The number of nitrogens with zero attached hydrogens (tertiary/aromatic N) is 1. The fraction of sp³-hybridized carbons (Fsp3) is 0.207. The van der Waals surface area contributed by atoms with Crippen LogP contribution in [-0.2, 0) is 16.2 Å². The number of imide groups is 1. The lowest BCUT2D eigenvalue weighted by Gasteiger charge is -2.29. The van der Waals surface area contributed by atoms with Gasteiger partial charge in [0.05, 0.1) is 23.7 Å². The fourth-order valence-corrected chi connectivity index (χ4v) is 7.62. The van der Waals surface area contributed by atoms with Crippen molar-refractivity contribution < 1.29 is 19.1 Å². The first-order valence-electron chi connectivity index (χ1n) is 12.1. The van der Waals surface area contributed by atoms with Gasteiger partial charge in [0.1, 0.15) is 23.4 Å². The molecule has 1 saturated heterocycles. The number of H-pyrrole nitrogens is 1. The lowest BCUT2D eigenvalue weighted by Crippen LogP contribution is -2.32. The number of fused-ring (bicyclic) bond motifs is 2. The van der Waals surface area contributed by atoms with E-state index < -0.39 is 17.1 Å². The van der Waals surface area contributed by atoms with Crippen LogP contribution in [0.15, 0.2) is 82.6 Å². The molecular weight excluding hydrogens is 520 g/mol. The van der Waals surface area contributed by atoms with Crippen LogP contribution in [0, 0.1) is 12.8 Å². The van der Waals surface area contributed by atoms with E-state index in [9.17, 15) is 14.4 Å². The maximum Gasteiger partial charge on any atom is 0.305 e. The molecule has 2 amide bonds. The number of aromatic nitrogens is 1. The van der Waals surface area contributed by atoms with E-state index in [0.717, 1.165) is 27.3 Å². The second-order valence-electron chi connectivity index (χ2n) is 9.31. The van der Waals surface area contributed by atoms with Crippen LogP contribution < -0.4 is 19.2 Å². The summed E-state index contributed by atoms with van der Waals surface area (Å²) in [5.41, 5.74) is 3.62. The highest BCUT2D eigenvalue weighted by atomic mass is 32.2. The maximum absolute atomic E-state index is 13.8. The first kappa shape index (κ1) is 24.5. The number of thiazole rings is 1. The van der Waals surface area contributed by atoms with Crippen molar-refractivity contribution >= 4 is 40.6 Å². The van der Waals surface area contributed by atoms with Gasteiger partial charge in [0, 0.05) is 10.8 Å². The first-order valence-corrected chi connectivity index (χ1v) is 13.8. The molecule has 0 radical (unpaired) electrons. The van der Waals surface area contributed by atoms with Gasteiger partial charge in [0.2, 0.25) is 11.8 Å². The van der Waals surface area contributed by atoms with Crippen molar-refractivity contribution in [1.29, 1.82) is 0 Å². The van der Waals surface area contributed by atoms with E-state index in [1.54, 1.807) is 31.4 Å². The molecule has 3 aromatic carbocycles. The molecule has 2 unspecified atom stereocenters. The molecule has 6 rings (SSSR count). The number of carbonyl (C=O) groups is 2. The summed E-state index contributed by atoms with van der Waals surface area (Å²) in [6.07, 6.45) is 0. The normalized spacial score (nSPS) is 20.3. The van der Waals surface area contributed by atoms with Crippen LogP contribution in [0.2, 0.25) is 0 Å². The Bertz CT molecular complexity index is 1580. The molecule has 9 heteroatoms. The zero-order chi connectivity index (χ0) is 26.4. The van der Waals surface area contributed by atoms with Crippen LogP contribution in [0.5, 0.6) is 11.5 Å². The molecule has 2 aliphatic heterocycles. The molecule has 1 N–H and O–H groups in total. The number of carbonyl (C=O) groups excluding carboxylic acids is 2. The van der Waals surface area contributed by atoms with Crippen molar-refractivity contribution in [1.82, 2.24) is 4.98 Å². The Labute approximate surface area is 227 Å². The Kier molecular flexibility index (Phi) is 6.33. The zero-order valence-electron chi connectivity index (χ0n) is 20.7. The van der Waals surface area contributed by atoms with Gasteiger partial charge in [0.25, 0.3) is 0 Å². The third-order valence-corrected chi connectivity index (χ3v) is 9.28. The molecule has 3 atom stereocenters. The first-order chi connectivity index (χ1) is 18.4. The summed E-state index contributed by atoms with van der Waals surface area (Å²) < 4.78 is 11.2. The number of methoxy groups -OCH3 is 1. The van der Waals surface area contributed by atoms with Gasteiger partial charge in [-0.05, 0) is 54.4 Å². The molecule has 7 nitrogen and oxygen atoms in total. The molecule has 3 heterocycles. The van der Waals surface area contributed by atoms with Gasteiger partial charge < -0.3 is 14.5 Å². The van der Waals surface area contributed by atoms with Crippen LogP contribution in [0.3, 0.4) is 0 Å². The van der Waals surface area contributed by atoms with Crippen LogP contribution in [0.1, 0.15) is 27.5 Å². The van der Waals surface area contributed by atoms with E-state index in [0.29, 0.717) is 28.8 Å². The number of rotatable bonds is 6. The molecule has 1 aromatic heterocycles. The molecule has 4 aromatic rings. The van der Waals surface area contributed by atoms with E-state index in [4.69, 9.17) is 9.47 Å². The van der Waals surface area contributed by atoms with Gasteiger partial charge in [-0.1, -0.05) is 65.1 Å². The number of benzene rings is 3.